The van der Waals surface area contributed by atoms with Gasteiger partial charge in [-0.25, -0.2) is 13.9 Å². The molecule has 3 saturated heterocycles. The molecule has 6 unspecified atom stereocenters. The predicted octanol–water partition coefficient (Wildman–Crippen LogP) is 1.12. The van der Waals surface area contributed by atoms with Gasteiger partial charge in [-0.05, 0) is 20.8 Å². The highest BCUT2D eigenvalue weighted by molar-refractivity contribution is 7.41. The van der Waals surface area contributed by atoms with Crippen LogP contribution in [0.2, 0.25) is 0 Å². The lowest BCUT2D eigenvalue weighted by molar-refractivity contribution is -0.0770. The Morgan fingerprint density at radius 2 is 1.00 bits per heavy atom. The monoisotopic (exact) mass is 247 g/mol. The van der Waals surface area contributed by atoms with Gasteiger partial charge in [0.25, 0.3) is 0 Å². The van der Waals surface area contributed by atoms with Crippen LogP contribution < -0.4 is 0 Å². The molecule has 3 rings (SSSR count). The van der Waals surface area contributed by atoms with Crippen molar-refractivity contribution in [2.45, 2.75) is 38.9 Å². The third-order valence-corrected chi connectivity index (χ3v) is 3.95. The Morgan fingerprint density at radius 1 is 0.750 bits per heavy atom. The molecule has 6 atom stereocenters. The molecular formula is C9H18N3O3P. The van der Waals surface area contributed by atoms with Gasteiger partial charge in [0.05, 0.1) is 0 Å². The van der Waals surface area contributed by atoms with Gasteiger partial charge in [0.1, 0.15) is 0 Å². The van der Waals surface area contributed by atoms with Gasteiger partial charge in [-0.3, -0.25) is 0 Å². The van der Waals surface area contributed by atoms with Crippen molar-refractivity contribution in [3.63, 3.8) is 0 Å². The van der Waals surface area contributed by atoms with E-state index in [1.807, 2.05) is 15.2 Å². The fourth-order valence-corrected chi connectivity index (χ4v) is 2.57. The van der Waals surface area contributed by atoms with E-state index in [0.717, 1.165) is 19.6 Å². The van der Waals surface area contributed by atoms with Crippen LogP contribution in [0.5, 0.6) is 0 Å². The molecule has 6 nitrogen and oxygen atoms in total. The van der Waals surface area contributed by atoms with Crippen molar-refractivity contribution in [3.05, 3.63) is 0 Å². The second kappa shape index (κ2) is 4.14. The Bertz CT molecular complexity index is 240. The lowest BCUT2D eigenvalue weighted by Crippen LogP contribution is -2.09. The third-order valence-electron chi connectivity index (χ3n) is 2.92. The topological polar surface area (TPSA) is 36.7 Å². The van der Waals surface area contributed by atoms with Gasteiger partial charge in [-0.15, -0.1) is 0 Å². The summed E-state index contributed by atoms with van der Waals surface area (Å²) in [5, 5.41) is 5.69. The number of nitrogens with zero attached hydrogens (tertiary/aromatic N) is 3. The maximum Gasteiger partial charge on any atom is 0.387 e. The van der Waals surface area contributed by atoms with Crippen molar-refractivity contribution in [3.8, 4) is 0 Å². The molecule has 0 bridgehead atoms. The summed E-state index contributed by atoms with van der Waals surface area (Å²) in [6.07, 6.45) is 0. The maximum atomic E-state index is 5.64. The van der Waals surface area contributed by atoms with Crippen molar-refractivity contribution in [1.82, 2.24) is 15.2 Å². The van der Waals surface area contributed by atoms with E-state index in [1.165, 1.54) is 0 Å². The summed E-state index contributed by atoms with van der Waals surface area (Å²) in [5.41, 5.74) is 0. The molecule has 0 N–H and O–H groups in total. The quantitative estimate of drug-likeness (QED) is 0.517. The molecule has 16 heavy (non-hydrogen) atoms. The first-order valence-corrected chi connectivity index (χ1v) is 6.87. The van der Waals surface area contributed by atoms with E-state index < -0.39 is 8.60 Å². The van der Waals surface area contributed by atoms with Crippen molar-refractivity contribution in [2.75, 3.05) is 19.6 Å². The number of hydroxylamine groups is 6. The van der Waals surface area contributed by atoms with Gasteiger partial charge in [0, 0.05) is 37.8 Å². The Kier molecular flexibility index (Phi) is 2.92. The van der Waals surface area contributed by atoms with Crippen LogP contribution in [0.25, 0.3) is 0 Å². The van der Waals surface area contributed by atoms with Crippen LogP contribution in [0.4, 0.5) is 0 Å². The Labute approximate surface area is 96.9 Å². The van der Waals surface area contributed by atoms with Crippen LogP contribution in [0, 0.1) is 0 Å². The summed E-state index contributed by atoms with van der Waals surface area (Å²) in [6, 6.07) is 1.49. The molecule has 7 heteroatoms. The second-order valence-electron chi connectivity index (χ2n) is 4.81. The van der Waals surface area contributed by atoms with Crippen molar-refractivity contribution >= 4 is 8.60 Å². The lowest BCUT2D eigenvalue weighted by Gasteiger charge is -2.16. The molecular weight excluding hydrogens is 229 g/mol. The maximum absolute atomic E-state index is 5.64. The molecule has 0 amide bonds. The van der Waals surface area contributed by atoms with Crippen LogP contribution in [-0.4, -0.2) is 52.9 Å². The summed E-state index contributed by atoms with van der Waals surface area (Å²) in [5.74, 6) is 0. The van der Waals surface area contributed by atoms with Crippen molar-refractivity contribution in [1.29, 1.82) is 0 Å². The molecule has 0 aromatic heterocycles. The zero-order valence-electron chi connectivity index (χ0n) is 9.87. The minimum Gasteiger partial charge on any atom is -0.218 e. The molecule has 3 aliphatic rings. The first kappa shape index (κ1) is 11.3. The first-order chi connectivity index (χ1) is 7.63. The summed E-state index contributed by atoms with van der Waals surface area (Å²) >= 11 is 0. The normalized spacial score (nSPS) is 51.2. The zero-order chi connectivity index (χ0) is 11.3. The summed E-state index contributed by atoms with van der Waals surface area (Å²) in [4.78, 5) is 0. The van der Waals surface area contributed by atoms with Gasteiger partial charge in [0.15, 0.2) is 0 Å². The van der Waals surface area contributed by atoms with E-state index in [2.05, 4.69) is 20.8 Å². The summed E-state index contributed by atoms with van der Waals surface area (Å²) in [6.45, 7) is 9.26. The minimum absolute atomic E-state index is 0.496. The van der Waals surface area contributed by atoms with Gasteiger partial charge in [-0.2, -0.15) is 15.2 Å². The smallest absolute Gasteiger partial charge is 0.218 e. The molecule has 3 aliphatic heterocycles. The molecule has 3 heterocycles. The lowest BCUT2D eigenvalue weighted by atomic mass is 10.6. The number of hydrogen-bond acceptors (Lipinski definition) is 6. The average molecular weight is 247 g/mol. The Balaban J connectivity index is 1.46. The predicted molar refractivity (Wildman–Crippen MR) is 58.7 cm³/mol. The van der Waals surface area contributed by atoms with Gasteiger partial charge in [0.2, 0.25) is 0 Å². The molecule has 3 fully saturated rings. The molecule has 0 radical (unpaired) electrons. The molecule has 0 aromatic rings. The van der Waals surface area contributed by atoms with Crippen LogP contribution in [0.1, 0.15) is 20.8 Å². The SMILES string of the molecule is CC1CN1OP(ON1CC1C)ON1CC1C. The Morgan fingerprint density at radius 3 is 1.19 bits per heavy atom. The third kappa shape index (κ3) is 2.71. The largest absolute Gasteiger partial charge is 0.387 e. The van der Waals surface area contributed by atoms with E-state index in [-0.39, 0.29) is 0 Å². The van der Waals surface area contributed by atoms with E-state index in [9.17, 15) is 0 Å². The molecule has 0 aromatic carbocycles. The van der Waals surface area contributed by atoms with E-state index in [0.29, 0.717) is 18.1 Å². The van der Waals surface area contributed by atoms with Crippen molar-refractivity contribution < 1.29 is 13.9 Å². The molecule has 0 saturated carbocycles. The molecule has 92 valence electrons. The van der Waals surface area contributed by atoms with E-state index >= 15 is 0 Å². The average Bonchev–Trinajstić information content (AvgIpc) is 3.12. The highest BCUT2D eigenvalue weighted by Crippen LogP contribution is 2.49. The molecule has 0 spiro atoms. The van der Waals surface area contributed by atoms with Crippen LogP contribution >= 0.6 is 8.60 Å². The van der Waals surface area contributed by atoms with Crippen LogP contribution in [0.15, 0.2) is 0 Å². The number of rotatable bonds is 6. The fourth-order valence-electron chi connectivity index (χ4n) is 1.28. The van der Waals surface area contributed by atoms with Gasteiger partial charge < -0.3 is 0 Å². The first-order valence-electron chi connectivity index (χ1n) is 5.78. The van der Waals surface area contributed by atoms with Crippen LogP contribution in [0.3, 0.4) is 0 Å². The van der Waals surface area contributed by atoms with Crippen molar-refractivity contribution in [2.24, 2.45) is 0 Å². The second-order valence-corrected chi connectivity index (χ2v) is 5.75. The van der Waals surface area contributed by atoms with E-state index in [1.54, 1.807) is 0 Å². The van der Waals surface area contributed by atoms with Gasteiger partial charge in [-0.1, -0.05) is 0 Å². The Hall–Kier alpha value is 0.190. The summed E-state index contributed by atoms with van der Waals surface area (Å²) < 4.78 is 16.9. The van der Waals surface area contributed by atoms with E-state index in [4.69, 9.17) is 13.9 Å². The number of hydrogen-bond donors (Lipinski definition) is 0. The van der Waals surface area contributed by atoms with Gasteiger partial charge >= 0.3 is 8.60 Å². The zero-order valence-corrected chi connectivity index (χ0v) is 10.8. The highest BCUT2D eigenvalue weighted by Gasteiger charge is 2.43. The fraction of sp³-hybridized carbons (Fsp3) is 1.00. The minimum atomic E-state index is -1.29. The summed E-state index contributed by atoms with van der Waals surface area (Å²) in [7, 11) is -1.29. The standard InChI is InChI=1S/C9H18N3O3P/c1-7-4-10(7)13-16(14-11-5-8(11)2)15-12-6-9(12)3/h7-9H,4-6H2,1-3H3. The molecule has 0 aliphatic carbocycles. The highest BCUT2D eigenvalue weighted by atomic mass is 31.2. The van der Waals surface area contributed by atoms with Crippen LogP contribution in [-0.2, 0) is 13.9 Å².